The molecule has 454 valence electrons. The van der Waals surface area contributed by atoms with E-state index in [1.54, 1.807) is 0 Å². The second-order valence-corrected chi connectivity index (χ2v) is 23.1. The first-order valence-electron chi connectivity index (χ1n) is 34.3. The maximum Gasteiger partial charge on any atom is 0.306 e. The summed E-state index contributed by atoms with van der Waals surface area (Å²) in [5.41, 5.74) is 0. The third kappa shape index (κ3) is 63.9. The zero-order valence-corrected chi connectivity index (χ0v) is 52.2. The minimum absolute atomic E-state index is 0.0837. The van der Waals surface area contributed by atoms with Gasteiger partial charge in [-0.1, -0.05) is 338 Å². The molecule has 6 heteroatoms. The van der Waals surface area contributed by atoms with Crippen LogP contribution in [-0.4, -0.2) is 37.2 Å². The van der Waals surface area contributed by atoms with E-state index in [0.717, 1.165) is 96.3 Å². The van der Waals surface area contributed by atoms with Crippen molar-refractivity contribution in [1.82, 2.24) is 0 Å². The fourth-order valence-electron chi connectivity index (χ4n) is 10.2. The summed E-state index contributed by atoms with van der Waals surface area (Å²) in [5, 5.41) is 0. The Kier molecular flexibility index (Phi) is 64.2. The monoisotopic (exact) mass is 1090 g/mol. The van der Waals surface area contributed by atoms with Crippen molar-refractivity contribution in [3.05, 3.63) is 60.8 Å². The molecule has 0 fully saturated rings. The van der Waals surface area contributed by atoms with Gasteiger partial charge in [-0.15, -0.1) is 0 Å². The molecule has 0 saturated carbocycles. The van der Waals surface area contributed by atoms with Gasteiger partial charge in [0, 0.05) is 19.3 Å². The Hall–Kier alpha value is -2.89. The fourth-order valence-corrected chi connectivity index (χ4v) is 10.2. The minimum atomic E-state index is -0.789. The Morgan fingerprint density at radius 2 is 0.500 bits per heavy atom. The van der Waals surface area contributed by atoms with E-state index >= 15 is 0 Å². The zero-order chi connectivity index (χ0) is 56.4. The highest BCUT2D eigenvalue weighted by molar-refractivity contribution is 5.71. The Balaban J connectivity index is 4.08. The van der Waals surface area contributed by atoms with E-state index in [4.69, 9.17) is 14.2 Å². The molecule has 1 unspecified atom stereocenters. The number of allylic oxidation sites excluding steroid dienone is 10. The summed E-state index contributed by atoms with van der Waals surface area (Å²) in [6, 6.07) is 0. The van der Waals surface area contributed by atoms with Crippen LogP contribution in [0.2, 0.25) is 0 Å². The van der Waals surface area contributed by atoms with E-state index < -0.39 is 6.10 Å². The van der Waals surface area contributed by atoms with Crippen molar-refractivity contribution < 1.29 is 28.6 Å². The zero-order valence-electron chi connectivity index (χ0n) is 52.2. The van der Waals surface area contributed by atoms with Gasteiger partial charge in [-0.3, -0.25) is 14.4 Å². The van der Waals surface area contributed by atoms with Crippen LogP contribution in [0.5, 0.6) is 0 Å². The molecule has 0 heterocycles. The van der Waals surface area contributed by atoms with Crippen LogP contribution in [0.15, 0.2) is 60.8 Å². The summed E-state index contributed by atoms with van der Waals surface area (Å²) in [4.78, 5) is 38.2. The molecule has 0 aliphatic carbocycles. The van der Waals surface area contributed by atoms with Crippen LogP contribution in [0.3, 0.4) is 0 Å². The van der Waals surface area contributed by atoms with E-state index in [-0.39, 0.29) is 31.1 Å². The Bertz CT molecular complexity index is 1390. The van der Waals surface area contributed by atoms with Crippen LogP contribution in [0, 0.1) is 0 Å². The average Bonchev–Trinajstić information content (AvgIpc) is 3.44. The number of rotatable bonds is 63. The van der Waals surface area contributed by atoms with Crippen molar-refractivity contribution in [2.24, 2.45) is 0 Å². The van der Waals surface area contributed by atoms with E-state index in [0.29, 0.717) is 19.3 Å². The molecule has 0 aromatic heterocycles. The number of unbranched alkanes of at least 4 members (excludes halogenated alkanes) is 42. The number of esters is 3. The van der Waals surface area contributed by atoms with E-state index in [1.807, 2.05) is 0 Å². The van der Waals surface area contributed by atoms with Gasteiger partial charge in [0.05, 0.1) is 0 Å². The Morgan fingerprint density at radius 1 is 0.269 bits per heavy atom. The maximum atomic E-state index is 12.9. The van der Waals surface area contributed by atoms with Crippen molar-refractivity contribution in [3.8, 4) is 0 Å². The van der Waals surface area contributed by atoms with Crippen molar-refractivity contribution in [3.63, 3.8) is 0 Å². The first-order chi connectivity index (χ1) is 38.5. The topological polar surface area (TPSA) is 78.9 Å². The van der Waals surface area contributed by atoms with Crippen LogP contribution in [0.25, 0.3) is 0 Å². The molecule has 0 aliphatic rings. The largest absolute Gasteiger partial charge is 0.462 e. The molecule has 0 spiro atoms. The molecule has 0 amide bonds. The maximum absolute atomic E-state index is 12.9. The summed E-state index contributed by atoms with van der Waals surface area (Å²) in [6.45, 7) is 6.53. The normalized spacial score (nSPS) is 12.4. The highest BCUT2D eigenvalue weighted by Gasteiger charge is 2.19. The molecule has 0 aliphatic heterocycles. The Labute approximate surface area is 485 Å². The highest BCUT2D eigenvalue weighted by Crippen LogP contribution is 2.18. The van der Waals surface area contributed by atoms with Crippen molar-refractivity contribution in [2.75, 3.05) is 13.2 Å². The molecule has 6 nitrogen and oxygen atoms in total. The van der Waals surface area contributed by atoms with Crippen LogP contribution in [0.1, 0.15) is 361 Å². The lowest BCUT2D eigenvalue weighted by atomic mass is 10.0. The fraction of sp³-hybridized carbons (Fsp3) is 0.819. The van der Waals surface area contributed by atoms with E-state index in [1.165, 1.54) is 225 Å². The molecule has 78 heavy (non-hydrogen) atoms. The van der Waals surface area contributed by atoms with Crippen molar-refractivity contribution in [1.29, 1.82) is 0 Å². The Morgan fingerprint density at radius 3 is 0.782 bits per heavy atom. The second kappa shape index (κ2) is 66.6. The SMILES string of the molecule is CC/C=C\C/C=C\C/C=C\C/C=C\C/C=C\CCCCCC(=O)OC(COC(=O)CCCCCCCCCCC)COC(=O)CCCCCCCCCCCCCCCCCCCCCCCCCCCCCCCCCC. The molecule has 0 aromatic carbocycles. The summed E-state index contributed by atoms with van der Waals surface area (Å²) in [6.07, 6.45) is 85.7. The smallest absolute Gasteiger partial charge is 0.306 e. The third-order valence-electron chi connectivity index (χ3n) is 15.3. The molecular weight excluding hydrogens is 961 g/mol. The van der Waals surface area contributed by atoms with Gasteiger partial charge in [0.25, 0.3) is 0 Å². The lowest BCUT2D eigenvalue weighted by molar-refractivity contribution is -0.167. The standard InChI is InChI=1S/C72H130O6/c1-4-7-10-13-16-19-21-23-25-27-29-30-31-32-33-34-35-36-37-38-39-40-41-43-44-46-48-50-53-56-59-62-65-71(74)77-68-69(67-76-70(73)64-61-58-55-52-18-15-12-9-6-3)78-72(75)66-63-60-57-54-51-49-47-45-42-28-26-24-22-20-17-14-11-8-5-2/h8,11,17,20,24,26,42,45,49,51,69H,4-7,9-10,12-16,18-19,21-23,25,27-41,43-44,46-48,50,52-68H2,1-3H3/b11-8-,20-17-,26-24-,45-42-,51-49-. The summed E-state index contributed by atoms with van der Waals surface area (Å²) < 4.78 is 16.9. The first kappa shape index (κ1) is 75.1. The number of carbonyl (C=O) groups is 3. The molecular formula is C72H130O6. The molecule has 1 atom stereocenters. The quantitative estimate of drug-likeness (QED) is 0.0261. The van der Waals surface area contributed by atoms with Gasteiger partial charge in [0.15, 0.2) is 6.10 Å². The first-order valence-corrected chi connectivity index (χ1v) is 34.3. The van der Waals surface area contributed by atoms with Gasteiger partial charge >= 0.3 is 17.9 Å². The van der Waals surface area contributed by atoms with E-state index in [2.05, 4.69) is 81.5 Å². The molecule has 0 aromatic rings. The van der Waals surface area contributed by atoms with Crippen LogP contribution in [0.4, 0.5) is 0 Å². The number of hydrogen-bond donors (Lipinski definition) is 0. The predicted octanol–water partition coefficient (Wildman–Crippen LogP) is 23.5. The lowest BCUT2D eigenvalue weighted by Crippen LogP contribution is -2.30. The minimum Gasteiger partial charge on any atom is -0.462 e. The lowest BCUT2D eigenvalue weighted by Gasteiger charge is -2.18. The summed E-state index contributed by atoms with van der Waals surface area (Å²) in [7, 11) is 0. The summed E-state index contributed by atoms with van der Waals surface area (Å²) >= 11 is 0. The van der Waals surface area contributed by atoms with Gasteiger partial charge < -0.3 is 14.2 Å². The molecule has 0 N–H and O–H groups in total. The summed E-state index contributed by atoms with van der Waals surface area (Å²) in [5.74, 6) is -0.901. The number of hydrogen-bond acceptors (Lipinski definition) is 6. The second-order valence-electron chi connectivity index (χ2n) is 23.1. The van der Waals surface area contributed by atoms with Crippen LogP contribution in [-0.2, 0) is 28.6 Å². The average molecular weight is 1090 g/mol. The molecule has 0 rings (SSSR count). The van der Waals surface area contributed by atoms with Gasteiger partial charge in [0.2, 0.25) is 0 Å². The van der Waals surface area contributed by atoms with Crippen LogP contribution >= 0.6 is 0 Å². The number of ether oxygens (including phenoxy) is 3. The van der Waals surface area contributed by atoms with Crippen molar-refractivity contribution in [2.45, 2.75) is 367 Å². The molecule has 0 radical (unpaired) electrons. The van der Waals surface area contributed by atoms with Gasteiger partial charge in [-0.25, -0.2) is 0 Å². The predicted molar refractivity (Wildman–Crippen MR) is 339 cm³/mol. The number of carbonyl (C=O) groups excluding carboxylic acids is 3. The van der Waals surface area contributed by atoms with Crippen LogP contribution < -0.4 is 0 Å². The molecule has 0 bridgehead atoms. The van der Waals surface area contributed by atoms with E-state index in [9.17, 15) is 14.4 Å². The van der Waals surface area contributed by atoms with Crippen molar-refractivity contribution >= 4 is 17.9 Å². The van der Waals surface area contributed by atoms with Gasteiger partial charge in [0.1, 0.15) is 13.2 Å². The van der Waals surface area contributed by atoms with Gasteiger partial charge in [-0.2, -0.15) is 0 Å². The highest BCUT2D eigenvalue weighted by atomic mass is 16.6. The molecule has 0 saturated heterocycles. The third-order valence-corrected chi connectivity index (χ3v) is 15.3. The van der Waals surface area contributed by atoms with Gasteiger partial charge in [-0.05, 0) is 64.2 Å².